The lowest BCUT2D eigenvalue weighted by Gasteiger charge is -2.23. The van der Waals surface area contributed by atoms with Crippen molar-refractivity contribution in [2.45, 2.75) is 25.8 Å². The molecule has 0 aliphatic carbocycles. The van der Waals surface area contributed by atoms with Gasteiger partial charge in [0.2, 0.25) is 0 Å². The molecule has 1 aliphatic rings. The van der Waals surface area contributed by atoms with E-state index in [-0.39, 0.29) is 12.6 Å². The zero-order chi connectivity index (χ0) is 12.0. The first-order valence-electron chi connectivity index (χ1n) is 5.21. The lowest BCUT2D eigenvalue weighted by Crippen LogP contribution is -2.50. The lowest BCUT2D eigenvalue weighted by atomic mass is 10.1. The molecule has 1 saturated heterocycles. The molecule has 1 rings (SSSR count). The Labute approximate surface area is 95.1 Å². The second-order valence-corrected chi connectivity index (χ2v) is 4.93. The van der Waals surface area contributed by atoms with Crippen molar-refractivity contribution in [3.63, 3.8) is 0 Å². The van der Waals surface area contributed by atoms with Crippen LogP contribution in [-0.4, -0.2) is 40.2 Å². The fraction of sp³-hybridized carbons (Fsp3) is 0.875. The van der Waals surface area contributed by atoms with Crippen LogP contribution in [0.1, 0.15) is 19.8 Å². The molecule has 1 amide bonds. The molecule has 1 fully saturated rings. The maximum absolute atomic E-state index is 11.4. The van der Waals surface area contributed by atoms with Gasteiger partial charge in [-0.25, -0.2) is 9.52 Å². The summed E-state index contributed by atoms with van der Waals surface area (Å²) in [5.74, 6) is 0. The molecule has 0 bridgehead atoms. The minimum absolute atomic E-state index is 0.131. The Hall–Kier alpha value is -0.860. The van der Waals surface area contributed by atoms with Crippen molar-refractivity contribution in [1.82, 2.24) is 14.8 Å². The minimum Gasteiger partial charge on any atom is -0.449 e. The van der Waals surface area contributed by atoms with Crippen LogP contribution >= 0.6 is 0 Å². The van der Waals surface area contributed by atoms with Crippen LogP contribution in [0.2, 0.25) is 0 Å². The zero-order valence-electron chi connectivity index (χ0n) is 9.15. The first-order valence-corrected chi connectivity index (χ1v) is 6.69. The van der Waals surface area contributed by atoms with Gasteiger partial charge in [0.1, 0.15) is 0 Å². The van der Waals surface area contributed by atoms with Gasteiger partial charge in [-0.3, -0.25) is 0 Å². The van der Waals surface area contributed by atoms with Crippen LogP contribution in [-0.2, 0) is 14.9 Å². The number of nitrogens with one attached hydrogen (secondary N) is 3. The molecule has 7 nitrogen and oxygen atoms in total. The number of rotatable bonds is 4. The third-order valence-electron chi connectivity index (χ3n) is 2.11. The molecule has 0 saturated carbocycles. The van der Waals surface area contributed by atoms with Crippen LogP contribution in [0, 0.1) is 0 Å². The third kappa shape index (κ3) is 4.77. The number of carbonyl (C=O) groups excluding carboxylic acids is 1. The standard InChI is InChI=1S/C8H17N3O4S/c1-2-15-8(12)11-16(13,14)10-7-4-3-5-9-6-7/h7,9-10H,2-6H2,1H3,(H,11,12). The van der Waals surface area contributed by atoms with E-state index >= 15 is 0 Å². The lowest BCUT2D eigenvalue weighted by molar-refractivity contribution is 0.158. The highest BCUT2D eigenvalue weighted by Crippen LogP contribution is 2.02. The first-order chi connectivity index (χ1) is 7.53. The quantitative estimate of drug-likeness (QED) is 0.615. The van der Waals surface area contributed by atoms with E-state index in [4.69, 9.17) is 0 Å². The van der Waals surface area contributed by atoms with Gasteiger partial charge in [0, 0.05) is 12.6 Å². The average Bonchev–Trinajstić information content (AvgIpc) is 2.17. The van der Waals surface area contributed by atoms with Crippen LogP contribution in [0.15, 0.2) is 0 Å². The van der Waals surface area contributed by atoms with Crippen LogP contribution in [0.3, 0.4) is 0 Å². The summed E-state index contributed by atoms with van der Waals surface area (Å²) < 4.78 is 31.5. The summed E-state index contributed by atoms with van der Waals surface area (Å²) in [6, 6.07) is -0.180. The van der Waals surface area contributed by atoms with Crippen LogP contribution in [0.25, 0.3) is 0 Å². The van der Waals surface area contributed by atoms with Crippen molar-refractivity contribution < 1.29 is 17.9 Å². The molecule has 0 aromatic heterocycles. The topological polar surface area (TPSA) is 96.5 Å². The van der Waals surface area contributed by atoms with Gasteiger partial charge in [0.25, 0.3) is 0 Å². The predicted octanol–water partition coefficient (Wildman–Crippen LogP) is -0.681. The van der Waals surface area contributed by atoms with Gasteiger partial charge in [-0.1, -0.05) is 0 Å². The summed E-state index contributed by atoms with van der Waals surface area (Å²) in [5, 5.41) is 3.06. The summed E-state index contributed by atoms with van der Waals surface area (Å²) in [5.41, 5.74) is 0. The highest BCUT2D eigenvalue weighted by atomic mass is 32.2. The van der Waals surface area contributed by atoms with Crippen molar-refractivity contribution in [1.29, 1.82) is 0 Å². The summed E-state index contributed by atoms with van der Waals surface area (Å²) >= 11 is 0. The normalized spacial score (nSPS) is 21.4. The third-order valence-corrected chi connectivity index (χ3v) is 3.19. The van der Waals surface area contributed by atoms with Gasteiger partial charge in [-0.15, -0.1) is 0 Å². The monoisotopic (exact) mass is 251 g/mol. The smallest absolute Gasteiger partial charge is 0.421 e. The Balaban J connectivity index is 2.41. The van der Waals surface area contributed by atoms with Crippen molar-refractivity contribution in [2.75, 3.05) is 19.7 Å². The molecule has 94 valence electrons. The molecule has 8 heteroatoms. The molecule has 0 aromatic rings. The largest absolute Gasteiger partial charge is 0.449 e. The molecular weight excluding hydrogens is 234 g/mol. The molecule has 1 aliphatic heterocycles. The van der Waals surface area contributed by atoms with E-state index < -0.39 is 16.3 Å². The SMILES string of the molecule is CCOC(=O)NS(=O)(=O)NC1CCCNC1. The van der Waals surface area contributed by atoms with E-state index in [9.17, 15) is 13.2 Å². The second-order valence-electron chi connectivity index (χ2n) is 3.49. The number of hydrogen-bond acceptors (Lipinski definition) is 5. The van der Waals surface area contributed by atoms with E-state index in [1.165, 1.54) is 0 Å². The molecule has 3 N–H and O–H groups in total. The number of amides is 1. The molecule has 1 unspecified atom stereocenters. The van der Waals surface area contributed by atoms with E-state index in [1.54, 1.807) is 11.6 Å². The van der Waals surface area contributed by atoms with Gasteiger partial charge in [-0.05, 0) is 26.3 Å². The molecule has 0 radical (unpaired) electrons. The van der Waals surface area contributed by atoms with Gasteiger partial charge in [0.05, 0.1) is 6.61 Å². The Morgan fingerprint density at radius 3 is 2.88 bits per heavy atom. The van der Waals surface area contributed by atoms with Crippen molar-refractivity contribution in [3.05, 3.63) is 0 Å². The molecular formula is C8H17N3O4S. The van der Waals surface area contributed by atoms with Gasteiger partial charge < -0.3 is 10.1 Å². The van der Waals surface area contributed by atoms with Crippen molar-refractivity contribution >= 4 is 16.3 Å². The highest BCUT2D eigenvalue weighted by Gasteiger charge is 2.21. The number of hydrogen-bond donors (Lipinski definition) is 3. The number of carbonyl (C=O) groups is 1. The Morgan fingerprint density at radius 1 is 1.56 bits per heavy atom. The second kappa shape index (κ2) is 6.02. The minimum atomic E-state index is -3.82. The van der Waals surface area contributed by atoms with E-state index in [0.717, 1.165) is 19.4 Å². The Bertz CT molecular complexity index is 324. The summed E-state index contributed by atoms with van der Waals surface area (Å²) in [6.07, 6.45) is 0.710. The zero-order valence-corrected chi connectivity index (χ0v) is 9.97. The average molecular weight is 251 g/mol. The molecule has 0 aromatic carbocycles. The first kappa shape index (κ1) is 13.2. The summed E-state index contributed by atoms with van der Waals surface area (Å²) in [6.45, 7) is 3.20. The molecule has 1 atom stereocenters. The van der Waals surface area contributed by atoms with Gasteiger partial charge in [0.15, 0.2) is 0 Å². The van der Waals surface area contributed by atoms with Crippen molar-refractivity contribution in [3.8, 4) is 0 Å². The maximum Gasteiger partial charge on any atom is 0.421 e. The Morgan fingerprint density at radius 2 is 2.31 bits per heavy atom. The number of piperidine rings is 1. The number of ether oxygens (including phenoxy) is 1. The highest BCUT2D eigenvalue weighted by molar-refractivity contribution is 7.88. The van der Waals surface area contributed by atoms with E-state index in [1.807, 2.05) is 0 Å². The fourth-order valence-electron chi connectivity index (χ4n) is 1.47. The molecule has 16 heavy (non-hydrogen) atoms. The van der Waals surface area contributed by atoms with Gasteiger partial charge in [-0.2, -0.15) is 13.1 Å². The Kier molecular flexibility index (Phi) is 4.97. The van der Waals surface area contributed by atoms with Crippen LogP contribution < -0.4 is 14.8 Å². The van der Waals surface area contributed by atoms with Gasteiger partial charge >= 0.3 is 16.3 Å². The summed E-state index contributed by atoms with van der Waals surface area (Å²) in [4.78, 5) is 10.9. The van der Waals surface area contributed by atoms with E-state index in [0.29, 0.717) is 6.54 Å². The van der Waals surface area contributed by atoms with Crippen molar-refractivity contribution in [2.24, 2.45) is 0 Å². The molecule has 0 spiro atoms. The maximum atomic E-state index is 11.4. The van der Waals surface area contributed by atoms with Crippen LogP contribution in [0.5, 0.6) is 0 Å². The fourth-order valence-corrected chi connectivity index (χ4v) is 2.45. The predicted molar refractivity (Wildman–Crippen MR) is 58.1 cm³/mol. The molecule has 1 heterocycles. The summed E-state index contributed by atoms with van der Waals surface area (Å²) in [7, 11) is -3.82. The van der Waals surface area contributed by atoms with Crippen LogP contribution in [0.4, 0.5) is 4.79 Å². The van der Waals surface area contributed by atoms with E-state index in [2.05, 4.69) is 14.8 Å².